The van der Waals surface area contributed by atoms with Crippen LogP contribution in [0.3, 0.4) is 0 Å². The van der Waals surface area contributed by atoms with E-state index in [1.54, 1.807) is 6.92 Å². The number of anilines is 1. The molecule has 0 spiro atoms. The van der Waals surface area contributed by atoms with E-state index in [0.29, 0.717) is 11.4 Å². The third kappa shape index (κ3) is 4.59. The van der Waals surface area contributed by atoms with Gasteiger partial charge in [0.2, 0.25) is 0 Å². The monoisotopic (exact) mass is 360 g/mol. The Hall–Kier alpha value is -1.80. The molecule has 1 atom stereocenters. The number of amides is 1. The number of nitrogen functional groups attached to an aromatic ring is 1. The number of rotatable bonds is 4. The zero-order chi connectivity index (χ0) is 17.3. The van der Waals surface area contributed by atoms with Crippen LogP contribution in [0, 0.1) is 0 Å². The van der Waals surface area contributed by atoms with Gasteiger partial charge in [-0.25, -0.2) is 13.2 Å². The number of esters is 1. The molecular formula is C14H17ClN2O5S. The second-order valence-electron chi connectivity index (χ2n) is 5.76. The summed E-state index contributed by atoms with van der Waals surface area (Å²) in [5, 5.41) is 2.91. The van der Waals surface area contributed by atoms with Gasteiger partial charge < -0.3 is 15.8 Å². The summed E-state index contributed by atoms with van der Waals surface area (Å²) in [6.07, 6.45) is 0.330. The second-order valence-corrected chi connectivity index (χ2v) is 8.38. The first kappa shape index (κ1) is 17.6. The predicted molar refractivity (Wildman–Crippen MR) is 86.0 cm³/mol. The number of hydrogen-bond donors (Lipinski definition) is 2. The lowest BCUT2D eigenvalue weighted by atomic mass is 10.0. The maximum atomic E-state index is 11.9. The first-order valence-electron chi connectivity index (χ1n) is 6.84. The van der Waals surface area contributed by atoms with Crippen LogP contribution in [-0.2, 0) is 19.4 Å². The lowest BCUT2D eigenvalue weighted by Crippen LogP contribution is -2.48. The Morgan fingerprint density at radius 1 is 1.43 bits per heavy atom. The summed E-state index contributed by atoms with van der Waals surface area (Å²) in [4.78, 5) is 23.8. The molecule has 0 aliphatic carbocycles. The summed E-state index contributed by atoms with van der Waals surface area (Å²) in [5.74, 6) is -1.44. The molecule has 1 saturated heterocycles. The fourth-order valence-electron chi connectivity index (χ4n) is 2.40. The summed E-state index contributed by atoms with van der Waals surface area (Å²) in [6.45, 7) is 1.12. The number of nitrogens with two attached hydrogens (primary N) is 1. The Morgan fingerprint density at radius 3 is 2.74 bits per heavy atom. The van der Waals surface area contributed by atoms with E-state index >= 15 is 0 Å². The van der Waals surface area contributed by atoms with Crippen molar-refractivity contribution in [3.8, 4) is 0 Å². The second kappa shape index (κ2) is 6.37. The van der Waals surface area contributed by atoms with Crippen LogP contribution in [0.2, 0.25) is 5.02 Å². The van der Waals surface area contributed by atoms with Crippen molar-refractivity contribution in [2.24, 2.45) is 0 Å². The van der Waals surface area contributed by atoms with Crippen molar-refractivity contribution in [1.29, 1.82) is 0 Å². The molecule has 1 fully saturated rings. The number of carbonyl (C=O) groups excluding carboxylic acids is 2. The molecule has 0 bridgehead atoms. The minimum absolute atomic E-state index is 0.0304. The van der Waals surface area contributed by atoms with Crippen LogP contribution in [0.15, 0.2) is 18.2 Å². The van der Waals surface area contributed by atoms with Gasteiger partial charge in [-0.3, -0.25) is 4.79 Å². The number of carbonyl (C=O) groups is 2. The summed E-state index contributed by atoms with van der Waals surface area (Å²) in [5.41, 5.74) is 5.08. The van der Waals surface area contributed by atoms with Gasteiger partial charge in [-0.2, -0.15) is 0 Å². The third-order valence-corrected chi connectivity index (χ3v) is 5.65. The van der Waals surface area contributed by atoms with Crippen molar-refractivity contribution in [3.63, 3.8) is 0 Å². The van der Waals surface area contributed by atoms with E-state index in [9.17, 15) is 18.0 Å². The van der Waals surface area contributed by atoms with E-state index in [0.717, 1.165) is 0 Å². The average Bonchev–Trinajstić information content (AvgIpc) is 2.72. The van der Waals surface area contributed by atoms with Crippen LogP contribution < -0.4 is 11.1 Å². The van der Waals surface area contributed by atoms with Gasteiger partial charge in [-0.15, -0.1) is 0 Å². The van der Waals surface area contributed by atoms with Gasteiger partial charge >= 0.3 is 5.97 Å². The van der Waals surface area contributed by atoms with Crippen LogP contribution in [-0.4, -0.2) is 43.9 Å². The van der Waals surface area contributed by atoms with Crippen LogP contribution in [0.5, 0.6) is 0 Å². The number of nitrogens with one attached hydrogen (secondary N) is 1. The topological polar surface area (TPSA) is 116 Å². The number of ether oxygens (including phenoxy) is 1. The maximum Gasteiger partial charge on any atom is 0.340 e. The van der Waals surface area contributed by atoms with E-state index in [-0.39, 0.29) is 22.8 Å². The Bertz CT molecular complexity index is 750. The van der Waals surface area contributed by atoms with E-state index in [1.807, 2.05) is 0 Å². The molecule has 0 saturated carbocycles. The predicted octanol–water partition coefficient (Wildman–Crippen LogP) is 0.772. The van der Waals surface area contributed by atoms with Gasteiger partial charge in [0, 0.05) is 10.7 Å². The first-order valence-corrected chi connectivity index (χ1v) is 9.04. The van der Waals surface area contributed by atoms with Gasteiger partial charge in [0.15, 0.2) is 16.4 Å². The molecule has 1 aromatic carbocycles. The normalized spacial score (nSPS) is 22.5. The molecule has 23 heavy (non-hydrogen) atoms. The molecule has 1 amide bonds. The van der Waals surface area contributed by atoms with Gasteiger partial charge in [0.05, 0.1) is 22.6 Å². The molecule has 3 N–H and O–H groups in total. The Balaban J connectivity index is 1.92. The van der Waals surface area contributed by atoms with Crippen LogP contribution in [0.25, 0.3) is 0 Å². The van der Waals surface area contributed by atoms with E-state index in [1.165, 1.54) is 18.2 Å². The van der Waals surface area contributed by atoms with Crippen molar-refractivity contribution in [3.05, 3.63) is 28.8 Å². The summed E-state index contributed by atoms with van der Waals surface area (Å²) < 4.78 is 27.9. The molecule has 1 heterocycles. The fraction of sp³-hybridized carbons (Fsp3) is 0.429. The van der Waals surface area contributed by atoms with Gasteiger partial charge in [0.25, 0.3) is 5.91 Å². The molecule has 0 unspecified atom stereocenters. The minimum atomic E-state index is -3.14. The molecule has 2 rings (SSSR count). The van der Waals surface area contributed by atoms with Crippen LogP contribution in [0.1, 0.15) is 23.7 Å². The largest absolute Gasteiger partial charge is 0.452 e. The lowest BCUT2D eigenvalue weighted by molar-refractivity contribution is -0.125. The molecule has 1 aromatic rings. The van der Waals surface area contributed by atoms with Gasteiger partial charge in [-0.1, -0.05) is 11.6 Å². The van der Waals surface area contributed by atoms with Crippen molar-refractivity contribution in [1.82, 2.24) is 5.32 Å². The van der Waals surface area contributed by atoms with Crippen molar-refractivity contribution in [2.75, 3.05) is 23.8 Å². The molecule has 0 aromatic heterocycles. The summed E-state index contributed by atoms with van der Waals surface area (Å²) in [6, 6.07) is 4.34. The number of sulfone groups is 1. The fourth-order valence-corrected chi connectivity index (χ4v) is 4.66. The molecule has 1 aliphatic rings. The van der Waals surface area contributed by atoms with Crippen LogP contribution >= 0.6 is 11.6 Å². The Morgan fingerprint density at radius 2 is 2.13 bits per heavy atom. The number of hydrogen-bond acceptors (Lipinski definition) is 6. The molecule has 7 nitrogen and oxygen atoms in total. The standard InChI is InChI=1S/C14H17ClN2O5S/c1-14(4-5-23(20,21)8-14)17-12(18)7-22-13(19)10-6-9(15)2-3-11(10)16/h2-3,6H,4-5,7-8,16H2,1H3,(H,17,18)/t14-/m0/s1. The first-order chi connectivity index (χ1) is 10.6. The van der Waals surface area contributed by atoms with Gasteiger partial charge in [0.1, 0.15) is 0 Å². The molecular weight excluding hydrogens is 344 g/mol. The zero-order valence-electron chi connectivity index (χ0n) is 12.5. The number of halogens is 1. The lowest BCUT2D eigenvalue weighted by Gasteiger charge is -2.23. The molecule has 0 radical (unpaired) electrons. The number of benzene rings is 1. The molecule has 9 heteroatoms. The van der Waals surface area contributed by atoms with E-state index < -0.39 is 33.9 Å². The molecule has 126 valence electrons. The van der Waals surface area contributed by atoms with Crippen molar-refractivity contribution >= 4 is 39.0 Å². The van der Waals surface area contributed by atoms with Crippen molar-refractivity contribution < 1.29 is 22.7 Å². The highest BCUT2D eigenvalue weighted by Crippen LogP contribution is 2.23. The minimum Gasteiger partial charge on any atom is -0.452 e. The summed E-state index contributed by atoms with van der Waals surface area (Å²) in [7, 11) is -3.14. The smallest absolute Gasteiger partial charge is 0.340 e. The van der Waals surface area contributed by atoms with Gasteiger partial charge in [-0.05, 0) is 31.5 Å². The maximum absolute atomic E-state index is 11.9. The highest BCUT2D eigenvalue weighted by atomic mass is 35.5. The Labute approximate surface area is 139 Å². The molecule has 1 aliphatic heterocycles. The summed E-state index contributed by atoms with van der Waals surface area (Å²) >= 11 is 5.78. The zero-order valence-corrected chi connectivity index (χ0v) is 14.0. The average molecular weight is 361 g/mol. The quantitative estimate of drug-likeness (QED) is 0.605. The third-order valence-electron chi connectivity index (χ3n) is 3.51. The highest BCUT2D eigenvalue weighted by Gasteiger charge is 2.39. The highest BCUT2D eigenvalue weighted by molar-refractivity contribution is 7.91. The van der Waals surface area contributed by atoms with E-state index in [4.69, 9.17) is 22.1 Å². The SMILES string of the molecule is C[C@]1(NC(=O)COC(=O)c2cc(Cl)ccc2N)CCS(=O)(=O)C1. The Kier molecular flexibility index (Phi) is 4.86. The van der Waals surface area contributed by atoms with Crippen LogP contribution in [0.4, 0.5) is 5.69 Å². The van der Waals surface area contributed by atoms with E-state index in [2.05, 4.69) is 5.32 Å². The van der Waals surface area contributed by atoms with Crippen molar-refractivity contribution in [2.45, 2.75) is 18.9 Å².